The van der Waals surface area contributed by atoms with E-state index >= 15 is 0 Å². The molecule has 1 atom stereocenters. The fourth-order valence-corrected chi connectivity index (χ4v) is 3.29. The van der Waals surface area contributed by atoms with Crippen LogP contribution in [0.5, 0.6) is 0 Å². The van der Waals surface area contributed by atoms with E-state index in [0.717, 1.165) is 0 Å². The van der Waals surface area contributed by atoms with Gasteiger partial charge in [-0.15, -0.1) is 0 Å². The number of nitrogens with zero attached hydrogens (tertiary/aromatic N) is 2. The Morgan fingerprint density at radius 1 is 1.24 bits per heavy atom. The Morgan fingerprint density at radius 3 is 2.60 bits per heavy atom. The highest BCUT2D eigenvalue weighted by atomic mass is 79.9. The highest BCUT2D eigenvalue weighted by molar-refractivity contribution is 9.10. The molecule has 0 fully saturated rings. The maximum atomic E-state index is 13.2. The lowest BCUT2D eigenvalue weighted by molar-refractivity contribution is 0.188. The summed E-state index contributed by atoms with van der Waals surface area (Å²) in [5.74, 6) is 0.367. The second-order valence-electron chi connectivity index (χ2n) is 5.49. The van der Waals surface area contributed by atoms with Crippen molar-refractivity contribution in [3.63, 3.8) is 0 Å². The molecule has 2 N–H and O–H groups in total. The van der Waals surface area contributed by atoms with Crippen LogP contribution in [0.4, 0.5) is 4.79 Å². The zero-order valence-corrected chi connectivity index (χ0v) is 15.0. The summed E-state index contributed by atoms with van der Waals surface area (Å²) in [5.41, 5.74) is 0.912. The van der Waals surface area contributed by atoms with Crippen molar-refractivity contribution < 1.29 is 9.90 Å². The fraction of sp³-hybridized carbons (Fsp3) is 0.167. The third-order valence-electron chi connectivity index (χ3n) is 3.90. The van der Waals surface area contributed by atoms with E-state index < -0.39 is 12.1 Å². The van der Waals surface area contributed by atoms with Crippen LogP contribution in [0.1, 0.15) is 25.2 Å². The van der Waals surface area contributed by atoms with E-state index in [9.17, 15) is 9.59 Å². The molecule has 25 heavy (non-hydrogen) atoms. The number of aromatic nitrogens is 2. The normalized spacial score (nSPS) is 12.1. The average molecular weight is 402 g/mol. The van der Waals surface area contributed by atoms with Gasteiger partial charge >= 0.3 is 6.09 Å². The summed E-state index contributed by atoms with van der Waals surface area (Å²) in [6.07, 6.45) is -0.694. The summed E-state index contributed by atoms with van der Waals surface area (Å²) >= 11 is 3.41. The van der Waals surface area contributed by atoms with Crippen molar-refractivity contribution in [2.24, 2.45) is 0 Å². The molecule has 0 saturated carbocycles. The summed E-state index contributed by atoms with van der Waals surface area (Å²) in [7, 11) is 0. The Hall–Kier alpha value is -2.67. The maximum Gasteiger partial charge on any atom is 0.405 e. The average Bonchev–Trinajstić information content (AvgIpc) is 2.60. The standard InChI is InChI=1S/C18H16BrN3O3/c1-2-13(21-18(24)25)16-20-14-10-6-9-12(19)15(14)17(23)22(16)11-7-4-3-5-8-11/h3-10,13,21H,2H2,1H3,(H,24,25)/t13-/m0/s1. The summed E-state index contributed by atoms with van der Waals surface area (Å²) in [4.78, 5) is 29.0. The van der Waals surface area contributed by atoms with Crippen LogP contribution in [0.15, 0.2) is 57.8 Å². The molecular formula is C18H16BrN3O3. The molecule has 0 spiro atoms. The number of nitrogens with one attached hydrogen (secondary N) is 1. The molecule has 0 bridgehead atoms. The lowest BCUT2D eigenvalue weighted by Gasteiger charge is -2.20. The molecule has 128 valence electrons. The molecule has 1 aromatic heterocycles. The SMILES string of the molecule is CC[C@H](NC(=O)O)c1nc2cccc(Br)c2c(=O)n1-c1ccccc1. The van der Waals surface area contributed by atoms with E-state index in [1.165, 1.54) is 4.57 Å². The van der Waals surface area contributed by atoms with Crippen LogP contribution in [0.3, 0.4) is 0 Å². The molecule has 6 nitrogen and oxygen atoms in total. The minimum atomic E-state index is -1.16. The molecule has 0 aliphatic heterocycles. The summed E-state index contributed by atoms with van der Waals surface area (Å²) in [6, 6.07) is 13.8. The topological polar surface area (TPSA) is 84.2 Å². The van der Waals surface area contributed by atoms with Crippen LogP contribution < -0.4 is 10.9 Å². The van der Waals surface area contributed by atoms with E-state index in [-0.39, 0.29) is 5.56 Å². The van der Waals surface area contributed by atoms with Crippen LogP contribution in [0.25, 0.3) is 16.6 Å². The van der Waals surface area contributed by atoms with Gasteiger partial charge in [0.2, 0.25) is 0 Å². The number of carbonyl (C=O) groups is 1. The first-order valence-electron chi connectivity index (χ1n) is 7.79. The molecule has 1 amide bonds. The highest BCUT2D eigenvalue weighted by Crippen LogP contribution is 2.24. The monoisotopic (exact) mass is 401 g/mol. The number of carboxylic acid groups (broad SMARTS) is 1. The lowest BCUT2D eigenvalue weighted by atomic mass is 10.1. The third-order valence-corrected chi connectivity index (χ3v) is 4.57. The van der Waals surface area contributed by atoms with Crippen molar-refractivity contribution in [3.8, 4) is 5.69 Å². The number of hydrogen-bond acceptors (Lipinski definition) is 3. The highest BCUT2D eigenvalue weighted by Gasteiger charge is 2.22. The number of halogens is 1. The van der Waals surface area contributed by atoms with Crippen LogP contribution in [-0.4, -0.2) is 20.8 Å². The number of fused-ring (bicyclic) bond motifs is 1. The van der Waals surface area contributed by atoms with Gasteiger partial charge in [-0.2, -0.15) is 0 Å². The van der Waals surface area contributed by atoms with Crippen LogP contribution in [0.2, 0.25) is 0 Å². The Balaban J connectivity index is 2.38. The number of para-hydroxylation sites is 1. The van der Waals surface area contributed by atoms with Gasteiger partial charge in [0.05, 0.1) is 22.6 Å². The number of rotatable bonds is 4. The molecule has 0 radical (unpaired) electrons. The van der Waals surface area contributed by atoms with Crippen molar-refractivity contribution in [1.29, 1.82) is 0 Å². The molecule has 0 unspecified atom stereocenters. The Kier molecular flexibility index (Phi) is 4.85. The molecule has 2 aromatic carbocycles. The maximum absolute atomic E-state index is 13.2. The molecule has 7 heteroatoms. The van der Waals surface area contributed by atoms with E-state index in [1.54, 1.807) is 30.3 Å². The molecule has 0 aliphatic rings. The van der Waals surface area contributed by atoms with Crippen LogP contribution in [-0.2, 0) is 0 Å². The first-order valence-corrected chi connectivity index (χ1v) is 8.58. The summed E-state index contributed by atoms with van der Waals surface area (Å²) in [6.45, 7) is 1.84. The van der Waals surface area contributed by atoms with E-state index in [2.05, 4.69) is 26.2 Å². The second-order valence-corrected chi connectivity index (χ2v) is 6.34. The number of hydrogen-bond donors (Lipinski definition) is 2. The minimum absolute atomic E-state index is 0.246. The van der Waals surface area contributed by atoms with Crippen molar-refractivity contribution in [2.45, 2.75) is 19.4 Å². The van der Waals surface area contributed by atoms with Gasteiger partial charge in [-0.3, -0.25) is 9.36 Å². The van der Waals surface area contributed by atoms with Crippen molar-refractivity contribution in [1.82, 2.24) is 14.9 Å². The van der Waals surface area contributed by atoms with Gasteiger partial charge in [0.1, 0.15) is 5.82 Å². The Labute approximate surface area is 152 Å². The fourth-order valence-electron chi connectivity index (χ4n) is 2.77. The molecule has 1 heterocycles. The van der Waals surface area contributed by atoms with Gasteiger partial charge < -0.3 is 10.4 Å². The quantitative estimate of drug-likeness (QED) is 0.694. The third kappa shape index (κ3) is 3.28. The van der Waals surface area contributed by atoms with Crippen molar-refractivity contribution >= 4 is 32.9 Å². The zero-order chi connectivity index (χ0) is 18.0. The van der Waals surface area contributed by atoms with Gasteiger partial charge in [-0.1, -0.05) is 31.2 Å². The van der Waals surface area contributed by atoms with Crippen LogP contribution in [0, 0.1) is 0 Å². The van der Waals surface area contributed by atoms with E-state index in [1.807, 2.05) is 25.1 Å². The predicted octanol–water partition coefficient (Wildman–Crippen LogP) is 3.87. The predicted molar refractivity (Wildman–Crippen MR) is 99.2 cm³/mol. The largest absolute Gasteiger partial charge is 0.465 e. The number of amides is 1. The van der Waals surface area contributed by atoms with E-state index in [4.69, 9.17) is 5.11 Å². The summed E-state index contributed by atoms with van der Waals surface area (Å²) < 4.78 is 2.12. The van der Waals surface area contributed by atoms with Crippen molar-refractivity contribution in [2.75, 3.05) is 0 Å². The second kappa shape index (κ2) is 7.06. The number of benzene rings is 2. The smallest absolute Gasteiger partial charge is 0.405 e. The first-order chi connectivity index (χ1) is 12.0. The van der Waals surface area contributed by atoms with Crippen LogP contribution >= 0.6 is 15.9 Å². The Bertz CT molecular complexity index is 986. The first kappa shape index (κ1) is 17.2. The molecule has 3 rings (SSSR count). The zero-order valence-electron chi connectivity index (χ0n) is 13.4. The van der Waals surface area contributed by atoms with Crippen molar-refractivity contribution in [3.05, 3.63) is 69.2 Å². The van der Waals surface area contributed by atoms with Gasteiger partial charge in [0, 0.05) is 4.47 Å². The molecule has 3 aromatic rings. The lowest BCUT2D eigenvalue weighted by Crippen LogP contribution is -2.33. The molecule has 0 saturated heterocycles. The summed E-state index contributed by atoms with van der Waals surface area (Å²) in [5, 5.41) is 12.0. The van der Waals surface area contributed by atoms with E-state index in [0.29, 0.717) is 33.3 Å². The van der Waals surface area contributed by atoms with Gasteiger partial charge in [0.25, 0.3) is 5.56 Å². The van der Waals surface area contributed by atoms with Gasteiger partial charge in [-0.05, 0) is 46.6 Å². The Morgan fingerprint density at radius 2 is 1.96 bits per heavy atom. The molecular weight excluding hydrogens is 386 g/mol. The minimum Gasteiger partial charge on any atom is -0.465 e. The van der Waals surface area contributed by atoms with Gasteiger partial charge in [0.15, 0.2) is 0 Å². The molecule has 0 aliphatic carbocycles. The van der Waals surface area contributed by atoms with Gasteiger partial charge in [-0.25, -0.2) is 9.78 Å².